The van der Waals surface area contributed by atoms with Gasteiger partial charge in [0.25, 0.3) is 5.19 Å². The van der Waals surface area contributed by atoms with Crippen LogP contribution in [0, 0.1) is 0 Å². The Kier molecular flexibility index (Phi) is 4.25. The molecule has 5 aromatic rings. The molecule has 1 saturated heterocycles. The average Bonchev–Trinajstić information content (AvgIpc) is 3.50. The van der Waals surface area contributed by atoms with Crippen LogP contribution in [-0.2, 0) is 0 Å². The Bertz CT molecular complexity index is 1290. The van der Waals surface area contributed by atoms with Gasteiger partial charge in [0.15, 0.2) is 9.66 Å². The Balaban J connectivity index is 1.33. The van der Waals surface area contributed by atoms with Crippen LogP contribution in [0.15, 0.2) is 24.9 Å². The minimum absolute atomic E-state index is 0.211. The molecule has 1 aliphatic heterocycles. The minimum Gasteiger partial charge on any atom is -0.467 e. The molecule has 11 heteroatoms. The van der Waals surface area contributed by atoms with Crippen molar-refractivity contribution in [3.8, 4) is 27.0 Å². The molecule has 0 unspecified atom stereocenters. The van der Waals surface area contributed by atoms with Gasteiger partial charge in [-0.1, -0.05) is 22.7 Å². The lowest BCUT2D eigenvalue weighted by atomic mass is 10.0. The second-order valence-electron chi connectivity index (χ2n) is 7.36. The summed E-state index contributed by atoms with van der Waals surface area (Å²) in [6, 6.07) is 0.475. The first kappa shape index (κ1) is 17.9. The van der Waals surface area contributed by atoms with Crippen LogP contribution in [0.1, 0.15) is 19.8 Å². The van der Waals surface area contributed by atoms with Crippen molar-refractivity contribution >= 4 is 43.4 Å². The third-order valence-electron chi connectivity index (χ3n) is 5.27. The molecule has 9 nitrogen and oxygen atoms in total. The molecule has 0 bridgehead atoms. The zero-order valence-corrected chi connectivity index (χ0v) is 17.7. The van der Waals surface area contributed by atoms with Gasteiger partial charge in [0.05, 0.1) is 18.0 Å². The number of rotatable bonds is 4. The van der Waals surface area contributed by atoms with Crippen molar-refractivity contribution in [1.82, 2.24) is 40.4 Å². The van der Waals surface area contributed by atoms with E-state index in [4.69, 9.17) is 9.72 Å². The lowest BCUT2D eigenvalue weighted by Gasteiger charge is -2.27. The van der Waals surface area contributed by atoms with E-state index < -0.39 is 0 Å². The highest BCUT2D eigenvalue weighted by molar-refractivity contribution is 7.28. The topological polar surface area (TPSA) is 117 Å². The summed E-state index contributed by atoms with van der Waals surface area (Å²) in [5.74, 6) is 0. The number of nitrogens with one attached hydrogen (secondary N) is 3. The lowest BCUT2D eigenvalue weighted by Crippen LogP contribution is -2.40. The van der Waals surface area contributed by atoms with Gasteiger partial charge in [-0.3, -0.25) is 10.1 Å². The van der Waals surface area contributed by atoms with Crippen molar-refractivity contribution < 1.29 is 4.74 Å². The SMILES string of the molecule is C[C@@H]1C[C@@H](Oc2nc3sc(-c4ncc(-c5cn[nH]c5)c5nc[nH]c45)nc3s2)CCN1. The Morgan fingerprint density at radius 2 is 2.07 bits per heavy atom. The van der Waals surface area contributed by atoms with E-state index in [2.05, 4.69) is 42.4 Å². The molecule has 0 aliphatic carbocycles. The summed E-state index contributed by atoms with van der Waals surface area (Å²) in [5, 5.41) is 11.8. The highest BCUT2D eigenvalue weighted by Gasteiger charge is 2.23. The van der Waals surface area contributed by atoms with Gasteiger partial charge in [0.1, 0.15) is 22.3 Å². The van der Waals surface area contributed by atoms with E-state index in [-0.39, 0.29) is 6.10 Å². The van der Waals surface area contributed by atoms with Crippen LogP contribution in [0.25, 0.3) is 42.5 Å². The number of nitrogens with zero attached hydrogens (tertiary/aromatic N) is 5. The lowest BCUT2D eigenvalue weighted by molar-refractivity contribution is 0.144. The predicted octanol–water partition coefficient (Wildman–Crippen LogP) is 3.60. The van der Waals surface area contributed by atoms with E-state index in [0.717, 1.165) is 61.9 Å². The van der Waals surface area contributed by atoms with Gasteiger partial charge < -0.3 is 15.0 Å². The van der Waals surface area contributed by atoms with Crippen molar-refractivity contribution in [3.05, 3.63) is 24.9 Å². The maximum Gasteiger partial charge on any atom is 0.276 e. The van der Waals surface area contributed by atoms with Gasteiger partial charge in [-0.05, 0) is 26.3 Å². The second kappa shape index (κ2) is 7.11. The standard InChI is InChI=1S/C19H18N8OS2/c1-9-4-11(2-3-20-9)28-19-27-18-17(30-19)26-16(29-18)15-14-13(22-8-23-14)12(7-21-15)10-5-24-25-6-10/h5-9,11,20H,2-4H2,1H3,(H,22,23)(H,24,25)/t9-,11+/m1/s1. The molecule has 6 heterocycles. The molecule has 1 aliphatic rings. The van der Waals surface area contributed by atoms with E-state index >= 15 is 0 Å². The van der Waals surface area contributed by atoms with Crippen molar-refractivity contribution in [2.45, 2.75) is 31.9 Å². The van der Waals surface area contributed by atoms with Gasteiger partial charge in [-0.15, -0.1) is 0 Å². The number of aromatic nitrogens is 7. The van der Waals surface area contributed by atoms with Crippen molar-refractivity contribution in [3.63, 3.8) is 0 Å². The quantitative estimate of drug-likeness (QED) is 0.392. The van der Waals surface area contributed by atoms with E-state index in [1.807, 2.05) is 12.4 Å². The molecule has 2 atom stereocenters. The van der Waals surface area contributed by atoms with Gasteiger partial charge in [0.2, 0.25) is 0 Å². The summed E-state index contributed by atoms with van der Waals surface area (Å²) in [4.78, 5) is 23.6. The zero-order valence-electron chi connectivity index (χ0n) is 16.0. The van der Waals surface area contributed by atoms with E-state index in [0.29, 0.717) is 11.2 Å². The second-order valence-corrected chi connectivity index (χ2v) is 9.28. The molecule has 1 fully saturated rings. The van der Waals surface area contributed by atoms with Gasteiger partial charge in [0, 0.05) is 29.6 Å². The number of aromatic amines is 2. The summed E-state index contributed by atoms with van der Waals surface area (Å²) in [6.07, 6.45) is 9.30. The summed E-state index contributed by atoms with van der Waals surface area (Å²) in [7, 11) is 0. The third kappa shape index (κ3) is 3.06. The number of ether oxygens (including phenoxy) is 1. The molecular weight excluding hydrogens is 420 g/mol. The Morgan fingerprint density at radius 1 is 1.13 bits per heavy atom. The van der Waals surface area contributed by atoms with E-state index in [1.54, 1.807) is 12.5 Å². The monoisotopic (exact) mass is 438 g/mol. The number of imidazole rings is 1. The van der Waals surface area contributed by atoms with E-state index in [1.165, 1.54) is 22.7 Å². The zero-order chi connectivity index (χ0) is 20.1. The number of piperidine rings is 1. The van der Waals surface area contributed by atoms with Gasteiger partial charge >= 0.3 is 0 Å². The molecule has 0 aromatic carbocycles. The number of fused-ring (bicyclic) bond motifs is 2. The molecule has 0 amide bonds. The van der Waals surface area contributed by atoms with Crippen molar-refractivity contribution in [2.75, 3.05) is 6.54 Å². The van der Waals surface area contributed by atoms with Crippen LogP contribution in [0.4, 0.5) is 0 Å². The minimum atomic E-state index is 0.211. The third-order valence-corrected chi connectivity index (χ3v) is 7.19. The molecular formula is C19H18N8OS2. The maximum atomic E-state index is 6.12. The Hall–Kier alpha value is -2.89. The Labute approximate surface area is 179 Å². The molecule has 5 aromatic heterocycles. The normalized spacial score (nSPS) is 19.6. The Morgan fingerprint density at radius 3 is 2.90 bits per heavy atom. The average molecular weight is 439 g/mol. The predicted molar refractivity (Wildman–Crippen MR) is 117 cm³/mol. The van der Waals surface area contributed by atoms with Crippen LogP contribution < -0.4 is 10.1 Å². The number of hydrogen-bond donors (Lipinski definition) is 3. The fraction of sp³-hybridized carbons (Fsp3) is 0.316. The summed E-state index contributed by atoms with van der Waals surface area (Å²) < 4.78 is 6.12. The molecule has 0 spiro atoms. The molecule has 0 saturated carbocycles. The van der Waals surface area contributed by atoms with Crippen LogP contribution in [-0.4, -0.2) is 53.8 Å². The number of pyridine rings is 1. The van der Waals surface area contributed by atoms with Gasteiger partial charge in [-0.25, -0.2) is 9.97 Å². The highest BCUT2D eigenvalue weighted by atomic mass is 32.1. The maximum absolute atomic E-state index is 6.12. The highest BCUT2D eigenvalue weighted by Crippen LogP contribution is 2.38. The largest absolute Gasteiger partial charge is 0.467 e. The van der Waals surface area contributed by atoms with E-state index in [9.17, 15) is 0 Å². The van der Waals surface area contributed by atoms with Crippen LogP contribution in [0.5, 0.6) is 5.19 Å². The van der Waals surface area contributed by atoms with Crippen molar-refractivity contribution in [2.24, 2.45) is 0 Å². The van der Waals surface area contributed by atoms with Crippen LogP contribution in [0.2, 0.25) is 0 Å². The first-order chi connectivity index (χ1) is 14.7. The fourth-order valence-corrected chi connectivity index (χ4v) is 5.77. The summed E-state index contributed by atoms with van der Waals surface area (Å²) >= 11 is 3.02. The molecule has 30 heavy (non-hydrogen) atoms. The van der Waals surface area contributed by atoms with Crippen LogP contribution >= 0.6 is 22.7 Å². The number of thiazole rings is 2. The molecule has 0 radical (unpaired) electrons. The van der Waals surface area contributed by atoms with Crippen molar-refractivity contribution in [1.29, 1.82) is 0 Å². The first-order valence-electron chi connectivity index (χ1n) is 9.73. The first-order valence-corrected chi connectivity index (χ1v) is 11.4. The van der Waals surface area contributed by atoms with Crippen LogP contribution in [0.3, 0.4) is 0 Å². The smallest absolute Gasteiger partial charge is 0.276 e. The number of hydrogen-bond acceptors (Lipinski definition) is 9. The molecule has 3 N–H and O–H groups in total. The number of H-pyrrole nitrogens is 2. The molecule has 152 valence electrons. The fourth-order valence-electron chi connectivity index (χ4n) is 3.82. The molecule has 6 rings (SSSR count). The summed E-state index contributed by atoms with van der Waals surface area (Å²) in [5.41, 5.74) is 4.35. The van der Waals surface area contributed by atoms with Gasteiger partial charge in [-0.2, -0.15) is 10.1 Å². The summed E-state index contributed by atoms with van der Waals surface area (Å²) in [6.45, 7) is 3.17.